The van der Waals surface area contributed by atoms with Gasteiger partial charge in [-0.3, -0.25) is 4.79 Å². The van der Waals surface area contributed by atoms with Crippen LogP contribution in [-0.4, -0.2) is 23.9 Å². The number of amides is 1. The maximum absolute atomic E-state index is 12.0. The Morgan fingerprint density at radius 1 is 1.26 bits per heavy atom. The second-order valence-electron chi connectivity index (χ2n) is 4.99. The van der Waals surface area contributed by atoms with Crippen LogP contribution in [-0.2, 0) is 9.53 Å². The minimum Gasteiger partial charge on any atom is -0.496 e. The van der Waals surface area contributed by atoms with Gasteiger partial charge < -0.3 is 9.47 Å². The molecule has 0 saturated carbocycles. The third kappa shape index (κ3) is 3.17. The van der Waals surface area contributed by atoms with E-state index in [0.717, 1.165) is 14.7 Å². The van der Waals surface area contributed by atoms with Crippen LogP contribution in [0.25, 0.3) is 0 Å². The van der Waals surface area contributed by atoms with Crippen molar-refractivity contribution in [1.29, 1.82) is 0 Å². The molecule has 0 aromatic heterocycles. The molecule has 1 heterocycles. The maximum atomic E-state index is 12.0. The zero-order valence-electron chi connectivity index (χ0n) is 12.7. The van der Waals surface area contributed by atoms with E-state index in [2.05, 4.69) is 27.7 Å². The summed E-state index contributed by atoms with van der Waals surface area (Å²) in [7, 11) is 1.59. The first-order valence-electron chi connectivity index (χ1n) is 7.04. The second kappa shape index (κ2) is 6.57. The summed E-state index contributed by atoms with van der Waals surface area (Å²) in [5, 5.41) is 5.70. The van der Waals surface area contributed by atoms with E-state index in [9.17, 15) is 4.79 Å². The Morgan fingerprint density at radius 2 is 2.04 bits per heavy atom. The van der Waals surface area contributed by atoms with Gasteiger partial charge in [0.1, 0.15) is 5.75 Å². The van der Waals surface area contributed by atoms with Crippen LogP contribution in [0.3, 0.4) is 0 Å². The highest BCUT2D eigenvalue weighted by Gasteiger charge is 2.34. The lowest BCUT2D eigenvalue weighted by molar-refractivity contribution is -0.135. The van der Waals surface area contributed by atoms with E-state index >= 15 is 0 Å². The Kier molecular flexibility index (Phi) is 4.51. The summed E-state index contributed by atoms with van der Waals surface area (Å²) < 4.78 is 12.4. The van der Waals surface area contributed by atoms with Gasteiger partial charge in [-0.05, 0) is 46.9 Å². The zero-order chi connectivity index (χ0) is 16.4. The number of ether oxygens (including phenoxy) is 2. The van der Waals surface area contributed by atoms with Gasteiger partial charge in [-0.2, -0.15) is 5.01 Å². The average Bonchev–Trinajstić information content (AvgIpc) is 3.00. The Labute approximate surface area is 148 Å². The normalized spacial score (nSPS) is 16.7. The first kappa shape index (κ1) is 15.8. The molecule has 3 rings (SSSR count). The highest BCUT2D eigenvalue weighted by molar-refractivity contribution is 14.1. The van der Waals surface area contributed by atoms with Gasteiger partial charge in [0, 0.05) is 16.1 Å². The number of methoxy groups -OCH3 is 1. The molecule has 1 aliphatic heterocycles. The SMILES string of the molecule is COc1ccccc1C1=NN(C(C)=O)[C@@H](c2cccc(I)c2)O1. The summed E-state index contributed by atoms with van der Waals surface area (Å²) in [6.45, 7) is 1.47. The predicted molar refractivity (Wildman–Crippen MR) is 95.0 cm³/mol. The fraction of sp³-hybridized carbons (Fsp3) is 0.176. The van der Waals surface area contributed by atoms with E-state index in [1.165, 1.54) is 11.9 Å². The quantitative estimate of drug-likeness (QED) is 0.712. The van der Waals surface area contributed by atoms with Gasteiger partial charge >= 0.3 is 0 Å². The van der Waals surface area contributed by atoms with Crippen LogP contribution >= 0.6 is 22.6 Å². The van der Waals surface area contributed by atoms with Crippen LogP contribution in [0.1, 0.15) is 24.3 Å². The molecule has 0 unspecified atom stereocenters. The highest BCUT2D eigenvalue weighted by atomic mass is 127. The van der Waals surface area contributed by atoms with E-state index in [0.29, 0.717) is 11.6 Å². The summed E-state index contributed by atoms with van der Waals surface area (Å²) in [6.07, 6.45) is -0.567. The van der Waals surface area contributed by atoms with Crippen molar-refractivity contribution in [2.24, 2.45) is 5.10 Å². The van der Waals surface area contributed by atoms with Crippen molar-refractivity contribution >= 4 is 34.4 Å². The van der Waals surface area contributed by atoms with Gasteiger partial charge in [-0.25, -0.2) is 0 Å². The number of carbonyl (C=O) groups excluding carboxylic acids is 1. The summed E-state index contributed by atoms with van der Waals surface area (Å²) in [4.78, 5) is 12.0. The molecular formula is C17H15IN2O3. The molecule has 0 radical (unpaired) electrons. The molecule has 1 atom stereocenters. The van der Waals surface area contributed by atoms with Crippen molar-refractivity contribution in [1.82, 2.24) is 5.01 Å². The molecule has 2 aromatic carbocycles. The number of rotatable bonds is 3. The molecule has 0 saturated heterocycles. The van der Waals surface area contributed by atoms with Crippen LogP contribution < -0.4 is 4.74 Å². The lowest BCUT2D eigenvalue weighted by Crippen LogP contribution is -2.25. The van der Waals surface area contributed by atoms with Crippen LogP contribution in [0, 0.1) is 3.57 Å². The average molecular weight is 422 g/mol. The summed E-state index contributed by atoms with van der Waals surface area (Å²) >= 11 is 2.23. The molecule has 1 aliphatic rings. The van der Waals surface area contributed by atoms with Crippen molar-refractivity contribution in [2.75, 3.05) is 7.11 Å². The highest BCUT2D eigenvalue weighted by Crippen LogP contribution is 2.33. The molecule has 0 aliphatic carbocycles. The van der Waals surface area contributed by atoms with Crippen LogP contribution in [0.2, 0.25) is 0 Å². The Balaban J connectivity index is 1.99. The molecule has 23 heavy (non-hydrogen) atoms. The Morgan fingerprint density at radius 3 is 2.74 bits per heavy atom. The smallest absolute Gasteiger partial charge is 0.244 e. The number of halogens is 1. The van der Waals surface area contributed by atoms with Gasteiger partial charge in [0.25, 0.3) is 0 Å². The number of hydrogen-bond acceptors (Lipinski definition) is 4. The van der Waals surface area contributed by atoms with Gasteiger partial charge in [-0.15, -0.1) is 5.10 Å². The van der Waals surface area contributed by atoms with Crippen LogP contribution in [0.15, 0.2) is 53.6 Å². The van der Waals surface area contributed by atoms with Crippen molar-refractivity contribution < 1.29 is 14.3 Å². The molecular weight excluding hydrogens is 407 g/mol. The summed E-state index contributed by atoms with van der Waals surface area (Å²) in [5.41, 5.74) is 1.59. The predicted octanol–water partition coefficient (Wildman–Crippen LogP) is 3.54. The monoisotopic (exact) mass is 422 g/mol. The molecule has 1 amide bonds. The van der Waals surface area contributed by atoms with Crippen LogP contribution in [0.4, 0.5) is 0 Å². The van der Waals surface area contributed by atoms with Crippen molar-refractivity contribution in [3.05, 3.63) is 63.2 Å². The molecule has 6 heteroatoms. The molecule has 118 valence electrons. The molecule has 2 aromatic rings. The molecule has 0 spiro atoms. The number of carbonyl (C=O) groups is 1. The number of nitrogens with zero attached hydrogens (tertiary/aromatic N) is 2. The van der Waals surface area contributed by atoms with Gasteiger partial charge in [0.05, 0.1) is 12.7 Å². The minimum atomic E-state index is -0.567. The van der Waals surface area contributed by atoms with Crippen LogP contribution in [0.5, 0.6) is 5.75 Å². The Bertz CT molecular complexity index is 776. The maximum Gasteiger partial charge on any atom is 0.244 e. The third-order valence-electron chi connectivity index (χ3n) is 3.44. The van der Waals surface area contributed by atoms with Crippen molar-refractivity contribution in [3.63, 3.8) is 0 Å². The minimum absolute atomic E-state index is 0.182. The standard InChI is InChI=1S/C17H15IN2O3/c1-11(21)20-17(12-6-5-7-13(18)10-12)23-16(19-20)14-8-3-4-9-15(14)22-2/h3-10,17H,1-2H3/t17-/m1/s1. The lowest BCUT2D eigenvalue weighted by Gasteiger charge is -2.19. The van der Waals surface area contributed by atoms with E-state index in [4.69, 9.17) is 9.47 Å². The summed E-state index contributed by atoms with van der Waals surface area (Å²) in [5.74, 6) is 0.846. The number of hydrazone groups is 1. The van der Waals surface area contributed by atoms with Crippen molar-refractivity contribution in [3.8, 4) is 5.75 Å². The van der Waals surface area contributed by atoms with Gasteiger partial charge in [0.2, 0.25) is 18.0 Å². The van der Waals surface area contributed by atoms with Crippen molar-refractivity contribution in [2.45, 2.75) is 13.2 Å². The first-order chi connectivity index (χ1) is 11.1. The molecule has 0 N–H and O–H groups in total. The third-order valence-corrected chi connectivity index (χ3v) is 4.11. The van der Waals surface area contributed by atoms with Gasteiger partial charge in [0.15, 0.2) is 0 Å². The lowest BCUT2D eigenvalue weighted by atomic mass is 10.2. The fourth-order valence-electron chi connectivity index (χ4n) is 2.37. The molecule has 0 fully saturated rings. The number of benzene rings is 2. The zero-order valence-corrected chi connectivity index (χ0v) is 14.9. The molecule has 0 bridgehead atoms. The Hall–Kier alpha value is -2.09. The molecule has 5 nitrogen and oxygen atoms in total. The van der Waals surface area contributed by atoms with Gasteiger partial charge in [-0.1, -0.05) is 24.3 Å². The van der Waals surface area contributed by atoms with E-state index in [-0.39, 0.29) is 5.91 Å². The van der Waals surface area contributed by atoms with E-state index in [1.807, 2.05) is 48.5 Å². The van der Waals surface area contributed by atoms with E-state index in [1.54, 1.807) is 7.11 Å². The fourth-order valence-corrected chi connectivity index (χ4v) is 2.94. The number of hydrogen-bond donors (Lipinski definition) is 0. The summed E-state index contributed by atoms with van der Waals surface area (Å²) in [6, 6.07) is 15.2. The van der Waals surface area contributed by atoms with E-state index < -0.39 is 6.23 Å². The number of para-hydroxylation sites is 1. The topological polar surface area (TPSA) is 51.1 Å². The largest absolute Gasteiger partial charge is 0.496 e. The second-order valence-corrected chi connectivity index (χ2v) is 6.24. The first-order valence-corrected chi connectivity index (χ1v) is 8.12.